The second-order valence-electron chi connectivity index (χ2n) is 5.61. The van der Waals surface area contributed by atoms with Crippen LogP contribution in [0.25, 0.3) is 0 Å². The minimum atomic E-state index is -0.446. The van der Waals surface area contributed by atoms with E-state index < -0.39 is 11.2 Å². The highest BCUT2D eigenvalue weighted by Crippen LogP contribution is 2.33. The maximum Gasteiger partial charge on any atom is 0.328 e. The van der Waals surface area contributed by atoms with Crippen molar-refractivity contribution in [2.24, 2.45) is 5.92 Å². The van der Waals surface area contributed by atoms with Crippen molar-refractivity contribution in [3.05, 3.63) is 32.6 Å². The van der Waals surface area contributed by atoms with Gasteiger partial charge in [-0.25, -0.2) is 4.79 Å². The summed E-state index contributed by atoms with van der Waals surface area (Å²) in [6, 6.07) is -0.106. The third-order valence-corrected chi connectivity index (χ3v) is 4.33. The highest BCUT2D eigenvalue weighted by Gasteiger charge is 2.27. The van der Waals surface area contributed by atoms with Crippen LogP contribution in [-0.2, 0) is 0 Å². The summed E-state index contributed by atoms with van der Waals surface area (Å²) in [4.78, 5) is 38.5. The fourth-order valence-electron chi connectivity index (χ4n) is 3.29. The number of Topliss-reactive ketones (excluding diaryl/α,β-unsaturated/α-hetero) is 1. The maximum absolute atomic E-state index is 12.4. The monoisotopic (exact) mass is 278 g/mol. The Morgan fingerprint density at radius 3 is 2.55 bits per heavy atom. The first kappa shape index (κ1) is 14.8. The molecule has 1 aliphatic rings. The van der Waals surface area contributed by atoms with Crippen molar-refractivity contribution in [2.75, 3.05) is 0 Å². The molecule has 0 saturated heterocycles. The van der Waals surface area contributed by atoms with Crippen molar-refractivity contribution in [3.8, 4) is 0 Å². The molecule has 20 heavy (non-hydrogen) atoms. The number of ketones is 1. The molecule has 0 aliphatic heterocycles. The van der Waals surface area contributed by atoms with Crippen LogP contribution in [0.2, 0.25) is 0 Å². The van der Waals surface area contributed by atoms with Gasteiger partial charge in [0.25, 0.3) is 5.56 Å². The molecule has 0 spiro atoms. The third kappa shape index (κ3) is 2.76. The van der Waals surface area contributed by atoms with E-state index in [2.05, 4.69) is 4.98 Å². The highest BCUT2D eigenvalue weighted by atomic mass is 16.2. The summed E-state index contributed by atoms with van der Waals surface area (Å²) in [5.74, 6) is 0.0493. The molecule has 1 fully saturated rings. The van der Waals surface area contributed by atoms with E-state index >= 15 is 0 Å². The van der Waals surface area contributed by atoms with E-state index in [1.165, 1.54) is 24.1 Å². The normalized spacial score (nSPS) is 17.9. The van der Waals surface area contributed by atoms with Crippen molar-refractivity contribution in [3.63, 3.8) is 0 Å². The average Bonchev–Trinajstić information content (AvgIpc) is 2.44. The van der Waals surface area contributed by atoms with Gasteiger partial charge in [0, 0.05) is 12.2 Å². The van der Waals surface area contributed by atoms with Crippen LogP contribution in [0.5, 0.6) is 0 Å². The van der Waals surface area contributed by atoms with Gasteiger partial charge in [-0.3, -0.25) is 14.2 Å². The summed E-state index contributed by atoms with van der Waals surface area (Å²) < 4.78 is 1.27. The molecule has 1 aliphatic carbocycles. The van der Waals surface area contributed by atoms with Crippen molar-refractivity contribution in [1.82, 2.24) is 9.55 Å². The SMILES string of the molecule is CCC(C1CCCCC1)n1c(=O)[nH]cc(C(C)=O)c1=O. The van der Waals surface area contributed by atoms with E-state index in [0.29, 0.717) is 5.92 Å². The van der Waals surface area contributed by atoms with Gasteiger partial charge in [-0.05, 0) is 32.1 Å². The standard InChI is InChI=1S/C15H22N2O3/c1-3-13(11-7-5-4-6-8-11)17-14(19)12(10(2)18)9-16-15(17)20/h9,11,13H,3-8H2,1-2H3,(H,16,20). The zero-order chi connectivity index (χ0) is 14.7. The van der Waals surface area contributed by atoms with Crippen LogP contribution in [-0.4, -0.2) is 15.3 Å². The first-order valence-electron chi connectivity index (χ1n) is 7.41. The van der Waals surface area contributed by atoms with Crippen molar-refractivity contribution in [1.29, 1.82) is 0 Å². The quantitative estimate of drug-likeness (QED) is 0.859. The molecule has 1 atom stereocenters. The second-order valence-corrected chi connectivity index (χ2v) is 5.61. The molecule has 1 aromatic rings. The van der Waals surface area contributed by atoms with Crippen LogP contribution in [0.15, 0.2) is 15.8 Å². The van der Waals surface area contributed by atoms with Gasteiger partial charge in [0.05, 0.1) is 5.56 Å². The molecular weight excluding hydrogens is 256 g/mol. The average molecular weight is 278 g/mol. The van der Waals surface area contributed by atoms with E-state index in [-0.39, 0.29) is 17.4 Å². The first-order valence-corrected chi connectivity index (χ1v) is 7.41. The fourth-order valence-corrected chi connectivity index (χ4v) is 3.29. The van der Waals surface area contributed by atoms with Gasteiger partial charge in [0.2, 0.25) is 0 Å². The zero-order valence-electron chi connectivity index (χ0n) is 12.1. The number of carbonyl (C=O) groups is 1. The molecule has 2 rings (SSSR count). The Labute approximate surface area is 118 Å². The van der Waals surface area contributed by atoms with E-state index in [0.717, 1.165) is 32.1 Å². The number of aromatic nitrogens is 2. The van der Waals surface area contributed by atoms with Gasteiger partial charge < -0.3 is 4.98 Å². The summed E-state index contributed by atoms with van der Waals surface area (Å²) in [7, 11) is 0. The molecule has 1 saturated carbocycles. The zero-order valence-corrected chi connectivity index (χ0v) is 12.1. The number of nitrogens with one attached hydrogen (secondary N) is 1. The van der Waals surface area contributed by atoms with Crippen LogP contribution >= 0.6 is 0 Å². The number of hydrogen-bond acceptors (Lipinski definition) is 3. The predicted octanol–water partition coefficient (Wildman–Crippen LogP) is 2.27. The molecule has 1 unspecified atom stereocenters. The predicted molar refractivity (Wildman–Crippen MR) is 77.2 cm³/mol. The first-order chi connectivity index (χ1) is 9.56. The molecule has 0 bridgehead atoms. The fraction of sp³-hybridized carbons (Fsp3) is 0.667. The number of aromatic amines is 1. The van der Waals surface area contributed by atoms with Crippen molar-refractivity contribution < 1.29 is 4.79 Å². The number of carbonyl (C=O) groups excluding carboxylic acids is 1. The summed E-state index contributed by atoms with van der Waals surface area (Å²) in [6.07, 6.45) is 7.60. The summed E-state index contributed by atoms with van der Waals surface area (Å²) >= 11 is 0. The Morgan fingerprint density at radius 1 is 1.35 bits per heavy atom. The number of rotatable bonds is 4. The van der Waals surface area contributed by atoms with Crippen LogP contribution in [0.3, 0.4) is 0 Å². The Bertz CT molecular complexity index is 594. The molecule has 5 heteroatoms. The van der Waals surface area contributed by atoms with Crippen molar-refractivity contribution >= 4 is 5.78 Å². The van der Waals surface area contributed by atoms with Crippen LogP contribution < -0.4 is 11.2 Å². The summed E-state index contributed by atoms with van der Waals surface area (Å²) in [5, 5.41) is 0. The second kappa shape index (κ2) is 6.20. The Kier molecular flexibility index (Phi) is 4.57. The van der Waals surface area contributed by atoms with E-state index in [4.69, 9.17) is 0 Å². The number of nitrogens with zero attached hydrogens (tertiary/aromatic N) is 1. The summed E-state index contributed by atoms with van der Waals surface area (Å²) in [5.41, 5.74) is -0.782. The lowest BCUT2D eigenvalue weighted by Gasteiger charge is -2.30. The van der Waals surface area contributed by atoms with Gasteiger partial charge >= 0.3 is 5.69 Å². The van der Waals surface area contributed by atoms with Crippen LogP contribution in [0, 0.1) is 5.92 Å². The molecule has 1 heterocycles. The molecule has 0 amide bonds. The lowest BCUT2D eigenvalue weighted by molar-refractivity contribution is 0.101. The van der Waals surface area contributed by atoms with Gasteiger partial charge in [-0.2, -0.15) is 0 Å². The topological polar surface area (TPSA) is 71.9 Å². The van der Waals surface area contributed by atoms with Gasteiger partial charge in [0.1, 0.15) is 0 Å². The van der Waals surface area contributed by atoms with Crippen LogP contribution in [0.4, 0.5) is 0 Å². The minimum Gasteiger partial charge on any atom is -0.313 e. The van der Waals surface area contributed by atoms with Crippen molar-refractivity contribution in [2.45, 2.75) is 58.4 Å². The number of hydrogen-bond donors (Lipinski definition) is 1. The van der Waals surface area contributed by atoms with Gasteiger partial charge in [-0.1, -0.05) is 26.2 Å². The Hall–Kier alpha value is -1.65. The van der Waals surface area contributed by atoms with E-state index in [1.807, 2.05) is 6.92 Å². The number of H-pyrrole nitrogens is 1. The Balaban J connectivity index is 2.48. The molecule has 0 radical (unpaired) electrons. The lowest BCUT2D eigenvalue weighted by atomic mass is 9.82. The summed E-state index contributed by atoms with van der Waals surface area (Å²) in [6.45, 7) is 3.34. The maximum atomic E-state index is 12.4. The molecule has 110 valence electrons. The molecule has 5 nitrogen and oxygen atoms in total. The van der Waals surface area contributed by atoms with E-state index in [9.17, 15) is 14.4 Å². The molecular formula is C15H22N2O3. The Morgan fingerprint density at radius 2 is 2.00 bits per heavy atom. The van der Waals surface area contributed by atoms with Gasteiger partial charge in [0.15, 0.2) is 5.78 Å². The van der Waals surface area contributed by atoms with Gasteiger partial charge in [-0.15, -0.1) is 0 Å². The van der Waals surface area contributed by atoms with E-state index in [1.54, 1.807) is 0 Å². The molecule has 1 N–H and O–H groups in total. The molecule has 1 aromatic heterocycles. The van der Waals surface area contributed by atoms with Crippen LogP contribution in [0.1, 0.15) is 68.8 Å². The minimum absolute atomic E-state index is 0.0684. The lowest BCUT2D eigenvalue weighted by Crippen LogP contribution is -2.42. The highest BCUT2D eigenvalue weighted by molar-refractivity contribution is 5.93. The smallest absolute Gasteiger partial charge is 0.313 e. The molecule has 0 aromatic carbocycles. The third-order valence-electron chi connectivity index (χ3n) is 4.33. The largest absolute Gasteiger partial charge is 0.328 e.